The standard InChI is InChI=1S/C17H18N4O5/c22-12-13-6-5-8-15(17(13)21(25)26)19-11-4-3-10-18-14-7-1-2-9-16(14)20(23)24/h1-9,18-19,22H,10-12H2. The second-order valence-corrected chi connectivity index (χ2v) is 5.24. The molecule has 2 aromatic rings. The molecule has 0 amide bonds. The summed E-state index contributed by atoms with van der Waals surface area (Å²) in [6, 6.07) is 11.0. The van der Waals surface area contributed by atoms with E-state index in [0.29, 0.717) is 24.5 Å². The SMILES string of the molecule is O=[N+]([O-])c1ccccc1NCC=CCNc1cccc(CO)c1[N+](=O)[O-]. The summed E-state index contributed by atoms with van der Waals surface area (Å²) in [5, 5.41) is 37.1. The number of hydrogen-bond acceptors (Lipinski definition) is 7. The van der Waals surface area contributed by atoms with E-state index in [-0.39, 0.29) is 16.9 Å². The van der Waals surface area contributed by atoms with Gasteiger partial charge in [-0.05, 0) is 18.2 Å². The van der Waals surface area contributed by atoms with E-state index in [9.17, 15) is 25.3 Å². The predicted molar refractivity (Wildman–Crippen MR) is 98.2 cm³/mol. The van der Waals surface area contributed by atoms with Gasteiger partial charge in [0.1, 0.15) is 11.4 Å². The monoisotopic (exact) mass is 358 g/mol. The molecule has 9 nitrogen and oxygen atoms in total. The number of aliphatic hydroxyl groups excluding tert-OH is 1. The highest BCUT2D eigenvalue weighted by atomic mass is 16.6. The largest absolute Gasteiger partial charge is 0.391 e. The van der Waals surface area contributed by atoms with Crippen LogP contribution in [0.1, 0.15) is 5.56 Å². The Bertz CT molecular complexity index is 823. The summed E-state index contributed by atoms with van der Waals surface area (Å²) in [7, 11) is 0. The molecule has 0 radical (unpaired) electrons. The van der Waals surface area contributed by atoms with Crippen LogP contribution in [0.3, 0.4) is 0 Å². The molecule has 0 atom stereocenters. The van der Waals surface area contributed by atoms with Crippen molar-refractivity contribution in [3.8, 4) is 0 Å². The van der Waals surface area contributed by atoms with Crippen molar-refractivity contribution in [1.29, 1.82) is 0 Å². The van der Waals surface area contributed by atoms with E-state index in [1.165, 1.54) is 12.1 Å². The van der Waals surface area contributed by atoms with Gasteiger partial charge in [0.25, 0.3) is 11.4 Å². The Morgan fingerprint density at radius 3 is 2.12 bits per heavy atom. The maximum Gasteiger partial charge on any atom is 0.297 e. The molecule has 0 unspecified atom stereocenters. The third kappa shape index (κ3) is 4.77. The lowest BCUT2D eigenvalue weighted by atomic mass is 10.1. The summed E-state index contributed by atoms with van der Waals surface area (Å²) in [5.74, 6) is 0. The molecule has 2 rings (SSSR count). The molecule has 0 saturated heterocycles. The first kappa shape index (κ1) is 18.9. The molecule has 0 fully saturated rings. The lowest BCUT2D eigenvalue weighted by Gasteiger charge is -2.07. The highest BCUT2D eigenvalue weighted by Crippen LogP contribution is 2.28. The van der Waals surface area contributed by atoms with Crippen LogP contribution in [-0.2, 0) is 6.61 Å². The van der Waals surface area contributed by atoms with Gasteiger partial charge in [-0.15, -0.1) is 0 Å². The van der Waals surface area contributed by atoms with E-state index < -0.39 is 16.5 Å². The van der Waals surface area contributed by atoms with Gasteiger partial charge in [-0.2, -0.15) is 0 Å². The van der Waals surface area contributed by atoms with E-state index in [1.807, 2.05) is 0 Å². The molecule has 9 heteroatoms. The van der Waals surface area contributed by atoms with E-state index in [0.717, 1.165) is 0 Å². The Kier molecular flexibility index (Phi) is 6.63. The number of anilines is 2. The number of nitrogens with one attached hydrogen (secondary N) is 2. The Labute approximate surface area is 149 Å². The molecule has 0 aliphatic heterocycles. The highest BCUT2D eigenvalue weighted by molar-refractivity contribution is 5.65. The number of rotatable bonds is 9. The molecule has 26 heavy (non-hydrogen) atoms. The normalized spacial score (nSPS) is 10.7. The number of nitro benzene ring substituents is 2. The zero-order valence-electron chi connectivity index (χ0n) is 13.8. The number of nitrogens with zero attached hydrogens (tertiary/aromatic N) is 2. The zero-order chi connectivity index (χ0) is 18.9. The van der Waals surface area contributed by atoms with Gasteiger partial charge in [0.05, 0.1) is 22.0 Å². The Morgan fingerprint density at radius 2 is 1.50 bits per heavy atom. The number of nitro groups is 2. The fraction of sp³-hybridized carbons (Fsp3) is 0.176. The van der Waals surface area contributed by atoms with Gasteiger partial charge in [-0.1, -0.05) is 30.4 Å². The van der Waals surface area contributed by atoms with Crippen LogP contribution in [0, 0.1) is 20.2 Å². The van der Waals surface area contributed by atoms with Crippen molar-refractivity contribution in [3.63, 3.8) is 0 Å². The second kappa shape index (κ2) is 9.14. The summed E-state index contributed by atoms with van der Waals surface area (Å²) in [6.45, 7) is 0.279. The van der Waals surface area contributed by atoms with Crippen LogP contribution >= 0.6 is 0 Å². The quantitative estimate of drug-likeness (QED) is 0.357. The number of hydrogen-bond donors (Lipinski definition) is 3. The number of aliphatic hydroxyl groups is 1. The van der Waals surface area contributed by atoms with Crippen LogP contribution in [0.25, 0.3) is 0 Å². The Balaban J connectivity index is 1.91. The minimum absolute atomic E-state index is 0.00420. The minimum Gasteiger partial charge on any atom is -0.391 e. The van der Waals surface area contributed by atoms with Gasteiger partial charge in [0.2, 0.25) is 0 Å². The molecule has 3 N–H and O–H groups in total. The van der Waals surface area contributed by atoms with Crippen LogP contribution in [0.2, 0.25) is 0 Å². The van der Waals surface area contributed by atoms with Gasteiger partial charge < -0.3 is 15.7 Å². The molecule has 0 aliphatic carbocycles. The highest BCUT2D eigenvalue weighted by Gasteiger charge is 2.18. The molecule has 136 valence electrons. The van der Waals surface area contributed by atoms with Crippen molar-refractivity contribution in [2.75, 3.05) is 23.7 Å². The van der Waals surface area contributed by atoms with E-state index in [4.69, 9.17) is 0 Å². The summed E-state index contributed by atoms with van der Waals surface area (Å²) < 4.78 is 0. The third-order valence-electron chi connectivity index (χ3n) is 3.56. The minimum atomic E-state index is -0.534. The first-order valence-electron chi connectivity index (χ1n) is 7.78. The average Bonchev–Trinajstić information content (AvgIpc) is 2.64. The second-order valence-electron chi connectivity index (χ2n) is 5.24. The third-order valence-corrected chi connectivity index (χ3v) is 3.56. The van der Waals surface area contributed by atoms with Gasteiger partial charge in [-0.25, -0.2) is 0 Å². The maximum absolute atomic E-state index is 11.2. The molecule has 0 heterocycles. The predicted octanol–water partition coefficient (Wildman–Crippen LogP) is 3.08. The van der Waals surface area contributed by atoms with Crippen LogP contribution in [0.5, 0.6) is 0 Å². The van der Waals surface area contributed by atoms with Crippen molar-refractivity contribution in [3.05, 3.63) is 80.4 Å². The molecule has 0 aliphatic rings. The first-order valence-corrected chi connectivity index (χ1v) is 7.78. The molecule has 0 bridgehead atoms. The summed E-state index contributed by atoms with van der Waals surface area (Å²) in [6.07, 6.45) is 3.50. The summed E-state index contributed by atoms with van der Waals surface area (Å²) in [5.41, 5.74) is 0.818. The van der Waals surface area contributed by atoms with E-state index in [1.54, 1.807) is 42.5 Å². The fourth-order valence-corrected chi connectivity index (χ4v) is 2.36. The van der Waals surface area contributed by atoms with E-state index >= 15 is 0 Å². The molecular formula is C17H18N4O5. The zero-order valence-corrected chi connectivity index (χ0v) is 13.8. The summed E-state index contributed by atoms with van der Waals surface area (Å²) >= 11 is 0. The molecule has 2 aromatic carbocycles. The van der Waals surface area contributed by atoms with Crippen LogP contribution < -0.4 is 10.6 Å². The van der Waals surface area contributed by atoms with Crippen molar-refractivity contribution in [2.24, 2.45) is 0 Å². The van der Waals surface area contributed by atoms with Crippen molar-refractivity contribution in [2.45, 2.75) is 6.61 Å². The molecule has 0 aromatic heterocycles. The van der Waals surface area contributed by atoms with Gasteiger partial charge >= 0.3 is 0 Å². The lowest BCUT2D eigenvalue weighted by Crippen LogP contribution is -2.06. The van der Waals surface area contributed by atoms with Crippen molar-refractivity contribution < 1.29 is 15.0 Å². The smallest absolute Gasteiger partial charge is 0.297 e. The lowest BCUT2D eigenvalue weighted by molar-refractivity contribution is -0.384. The number of benzene rings is 2. The molecular weight excluding hydrogens is 340 g/mol. The van der Waals surface area contributed by atoms with Gasteiger partial charge in [0, 0.05) is 19.2 Å². The fourth-order valence-electron chi connectivity index (χ4n) is 2.36. The molecule has 0 saturated carbocycles. The van der Waals surface area contributed by atoms with Crippen LogP contribution in [0.15, 0.2) is 54.6 Å². The topological polar surface area (TPSA) is 131 Å². The molecule has 0 spiro atoms. The Morgan fingerprint density at radius 1 is 0.885 bits per heavy atom. The van der Waals surface area contributed by atoms with Crippen molar-refractivity contribution in [1.82, 2.24) is 0 Å². The van der Waals surface area contributed by atoms with E-state index in [2.05, 4.69) is 10.6 Å². The van der Waals surface area contributed by atoms with Gasteiger partial charge in [-0.3, -0.25) is 20.2 Å². The van der Waals surface area contributed by atoms with Gasteiger partial charge in [0.15, 0.2) is 0 Å². The van der Waals surface area contributed by atoms with Crippen molar-refractivity contribution >= 4 is 22.7 Å². The first-order chi connectivity index (χ1) is 12.5. The van der Waals surface area contributed by atoms with Crippen LogP contribution in [0.4, 0.5) is 22.7 Å². The van der Waals surface area contributed by atoms with Crippen LogP contribution in [-0.4, -0.2) is 28.0 Å². The summed E-state index contributed by atoms with van der Waals surface area (Å²) in [4.78, 5) is 21.1. The Hall–Kier alpha value is -3.46. The number of para-hydroxylation sites is 3. The maximum atomic E-state index is 11.2. The average molecular weight is 358 g/mol.